The van der Waals surface area contributed by atoms with E-state index in [4.69, 9.17) is 4.74 Å². The van der Waals surface area contributed by atoms with E-state index in [-0.39, 0.29) is 23.7 Å². The topological polar surface area (TPSA) is 92.9 Å². The predicted octanol–water partition coefficient (Wildman–Crippen LogP) is 0.269. The molecule has 2 aromatic rings. The fourth-order valence-electron chi connectivity index (χ4n) is 3.95. The highest BCUT2D eigenvalue weighted by atomic mass is 16.5. The molecule has 1 N–H and O–H groups in total. The van der Waals surface area contributed by atoms with E-state index in [0.717, 1.165) is 19.3 Å². The van der Waals surface area contributed by atoms with Crippen LogP contribution in [0.1, 0.15) is 36.0 Å². The van der Waals surface area contributed by atoms with E-state index in [1.54, 1.807) is 25.4 Å². The molecule has 2 fully saturated rings. The van der Waals surface area contributed by atoms with Crippen LogP contribution in [0.2, 0.25) is 0 Å². The van der Waals surface area contributed by atoms with Crippen molar-refractivity contribution in [2.45, 2.75) is 43.4 Å². The zero-order chi connectivity index (χ0) is 16.0. The molecule has 1 saturated heterocycles. The summed E-state index contributed by atoms with van der Waals surface area (Å²) in [7, 11) is 1.70. The second kappa shape index (κ2) is 5.24. The minimum Gasteiger partial charge on any atom is -0.393 e. The van der Waals surface area contributed by atoms with Crippen molar-refractivity contribution in [2.24, 2.45) is 0 Å². The van der Waals surface area contributed by atoms with Crippen LogP contribution in [0, 0.1) is 0 Å². The number of rotatable bonds is 2. The van der Waals surface area contributed by atoms with E-state index in [2.05, 4.69) is 15.5 Å². The van der Waals surface area contributed by atoms with Gasteiger partial charge >= 0.3 is 0 Å². The third kappa shape index (κ3) is 2.21. The van der Waals surface area contributed by atoms with Gasteiger partial charge in [0, 0.05) is 19.9 Å². The fourth-order valence-corrected chi connectivity index (χ4v) is 3.95. The first-order valence-electron chi connectivity index (χ1n) is 7.85. The van der Waals surface area contributed by atoms with E-state index in [1.807, 2.05) is 4.90 Å². The van der Waals surface area contributed by atoms with Gasteiger partial charge in [0.1, 0.15) is 0 Å². The van der Waals surface area contributed by atoms with Crippen LogP contribution < -0.4 is 0 Å². The Labute approximate surface area is 133 Å². The smallest absolute Gasteiger partial charge is 0.255 e. The van der Waals surface area contributed by atoms with Gasteiger partial charge in [-0.2, -0.15) is 4.52 Å². The Morgan fingerprint density at radius 2 is 2.30 bits per heavy atom. The summed E-state index contributed by atoms with van der Waals surface area (Å²) in [6.45, 7) is 0.637. The number of amides is 1. The lowest BCUT2D eigenvalue weighted by atomic mass is 9.79. The lowest BCUT2D eigenvalue weighted by Crippen LogP contribution is -2.52. The zero-order valence-electron chi connectivity index (χ0n) is 12.9. The third-order valence-electron chi connectivity index (χ3n) is 5.26. The van der Waals surface area contributed by atoms with Crippen LogP contribution in [0.5, 0.6) is 0 Å². The molecule has 1 saturated carbocycles. The van der Waals surface area contributed by atoms with Crippen molar-refractivity contribution in [2.75, 3.05) is 13.7 Å². The predicted molar refractivity (Wildman–Crippen MR) is 79.8 cm³/mol. The maximum absolute atomic E-state index is 12.9. The Hall–Kier alpha value is -2.06. The van der Waals surface area contributed by atoms with Crippen LogP contribution in [0.25, 0.3) is 5.65 Å². The molecule has 1 aliphatic heterocycles. The SMILES string of the molecule is CO[C@@]12CC[C@@H](O)C[C@@H]1N(C(=O)c1ccc3nnnn3c1)CC2. The van der Waals surface area contributed by atoms with Crippen molar-refractivity contribution in [1.29, 1.82) is 0 Å². The van der Waals surface area contributed by atoms with Gasteiger partial charge < -0.3 is 14.7 Å². The number of carbonyl (C=O) groups excluding carboxylic acids is 1. The van der Waals surface area contributed by atoms with Gasteiger partial charge in [-0.05, 0) is 48.2 Å². The number of fused-ring (bicyclic) bond motifs is 2. The zero-order valence-corrected chi connectivity index (χ0v) is 12.9. The van der Waals surface area contributed by atoms with Crippen LogP contribution >= 0.6 is 0 Å². The molecule has 8 heteroatoms. The molecule has 0 aromatic carbocycles. The molecule has 2 aliphatic rings. The average Bonchev–Trinajstić information content (AvgIpc) is 3.18. The van der Waals surface area contributed by atoms with E-state index >= 15 is 0 Å². The number of nitrogens with zero attached hydrogens (tertiary/aromatic N) is 5. The Bertz CT molecular complexity index is 748. The largest absolute Gasteiger partial charge is 0.393 e. The number of carbonyl (C=O) groups is 1. The third-order valence-corrected chi connectivity index (χ3v) is 5.26. The van der Waals surface area contributed by atoms with Gasteiger partial charge in [-0.1, -0.05) is 0 Å². The molecule has 0 bridgehead atoms. The Balaban J connectivity index is 1.65. The highest BCUT2D eigenvalue weighted by Gasteiger charge is 2.52. The van der Waals surface area contributed by atoms with E-state index in [1.165, 1.54) is 4.52 Å². The molecule has 0 unspecified atom stereocenters. The molecule has 122 valence electrons. The number of pyridine rings is 1. The van der Waals surface area contributed by atoms with Crippen LogP contribution in [-0.4, -0.2) is 67.4 Å². The number of hydrogen-bond donors (Lipinski definition) is 1. The van der Waals surface area contributed by atoms with E-state index in [0.29, 0.717) is 24.2 Å². The summed E-state index contributed by atoms with van der Waals surface area (Å²) in [5.74, 6) is -0.0691. The molecule has 3 heterocycles. The van der Waals surface area contributed by atoms with Gasteiger partial charge in [-0.3, -0.25) is 4.79 Å². The van der Waals surface area contributed by atoms with E-state index in [9.17, 15) is 9.90 Å². The number of tetrazole rings is 1. The first kappa shape index (κ1) is 14.5. The number of aromatic nitrogens is 4. The minimum absolute atomic E-state index is 0.0691. The molecule has 23 heavy (non-hydrogen) atoms. The summed E-state index contributed by atoms with van der Waals surface area (Å²) in [6.07, 6.45) is 4.14. The Kier molecular flexibility index (Phi) is 3.31. The minimum atomic E-state index is -0.376. The van der Waals surface area contributed by atoms with Gasteiger partial charge in [0.05, 0.1) is 23.3 Å². The Morgan fingerprint density at radius 1 is 1.43 bits per heavy atom. The van der Waals surface area contributed by atoms with Crippen LogP contribution in [0.4, 0.5) is 0 Å². The first-order valence-corrected chi connectivity index (χ1v) is 7.85. The fraction of sp³-hybridized carbons (Fsp3) is 0.600. The molecular weight excluding hydrogens is 298 g/mol. The second-order valence-corrected chi connectivity index (χ2v) is 6.36. The maximum atomic E-state index is 12.9. The summed E-state index contributed by atoms with van der Waals surface area (Å²) >= 11 is 0. The van der Waals surface area contributed by atoms with Crippen molar-refractivity contribution in [3.63, 3.8) is 0 Å². The highest BCUT2D eigenvalue weighted by molar-refractivity contribution is 5.94. The highest BCUT2D eigenvalue weighted by Crippen LogP contribution is 2.42. The summed E-state index contributed by atoms with van der Waals surface area (Å²) in [6, 6.07) is 3.37. The molecule has 4 rings (SSSR count). The number of likely N-dealkylation sites (tertiary alicyclic amines) is 1. The molecule has 0 spiro atoms. The Morgan fingerprint density at radius 3 is 3.13 bits per heavy atom. The van der Waals surface area contributed by atoms with E-state index < -0.39 is 0 Å². The number of aliphatic hydroxyl groups excluding tert-OH is 1. The molecular formula is C15H19N5O3. The molecule has 3 atom stereocenters. The normalized spacial score (nSPS) is 30.6. The lowest BCUT2D eigenvalue weighted by Gasteiger charge is -2.42. The number of ether oxygens (including phenoxy) is 1. The second-order valence-electron chi connectivity index (χ2n) is 6.36. The van der Waals surface area contributed by atoms with Crippen molar-refractivity contribution in [1.82, 2.24) is 24.9 Å². The van der Waals surface area contributed by atoms with Crippen LogP contribution in [0.3, 0.4) is 0 Å². The van der Waals surface area contributed by atoms with Crippen LogP contribution in [-0.2, 0) is 4.74 Å². The maximum Gasteiger partial charge on any atom is 0.255 e. The summed E-state index contributed by atoms with van der Waals surface area (Å²) in [5, 5.41) is 21.3. The summed E-state index contributed by atoms with van der Waals surface area (Å²) in [4.78, 5) is 14.8. The standard InChI is InChI=1S/C15H19N5O3/c1-23-15-5-4-11(21)8-12(15)19(7-6-15)14(22)10-2-3-13-16-17-18-20(13)9-10/h2-3,9,11-12,21H,4-8H2,1H3/t11-,12+,15-/m1/s1. The average molecular weight is 317 g/mol. The van der Waals surface area contributed by atoms with Gasteiger partial charge in [-0.25, -0.2) is 0 Å². The van der Waals surface area contributed by atoms with Crippen molar-refractivity contribution in [3.05, 3.63) is 23.9 Å². The summed E-state index contributed by atoms with van der Waals surface area (Å²) < 4.78 is 7.27. The van der Waals surface area contributed by atoms with Crippen molar-refractivity contribution >= 4 is 11.6 Å². The molecule has 2 aromatic heterocycles. The number of hydrogen-bond acceptors (Lipinski definition) is 6. The van der Waals surface area contributed by atoms with Gasteiger partial charge in [0.2, 0.25) is 0 Å². The van der Waals surface area contributed by atoms with Crippen molar-refractivity contribution in [3.8, 4) is 0 Å². The number of aliphatic hydroxyl groups is 1. The quantitative estimate of drug-likeness (QED) is 0.854. The van der Waals surface area contributed by atoms with Gasteiger partial charge in [-0.15, -0.1) is 5.10 Å². The van der Waals surface area contributed by atoms with Crippen molar-refractivity contribution < 1.29 is 14.6 Å². The van der Waals surface area contributed by atoms with Gasteiger partial charge in [0.15, 0.2) is 5.65 Å². The molecule has 1 aliphatic carbocycles. The lowest BCUT2D eigenvalue weighted by molar-refractivity contribution is -0.0824. The molecule has 8 nitrogen and oxygen atoms in total. The van der Waals surface area contributed by atoms with Crippen LogP contribution in [0.15, 0.2) is 18.3 Å². The molecule has 1 amide bonds. The monoisotopic (exact) mass is 317 g/mol. The molecule has 0 radical (unpaired) electrons. The first-order chi connectivity index (χ1) is 11.1. The van der Waals surface area contributed by atoms with Gasteiger partial charge in [0.25, 0.3) is 5.91 Å². The number of methoxy groups -OCH3 is 1. The summed E-state index contributed by atoms with van der Waals surface area (Å²) in [5.41, 5.74) is 0.812.